The molecule has 0 aromatic carbocycles. The summed E-state index contributed by atoms with van der Waals surface area (Å²) in [5.41, 5.74) is 4.71. The molecule has 1 amide bonds. The summed E-state index contributed by atoms with van der Waals surface area (Å²) in [6.07, 6.45) is 2.64. The van der Waals surface area contributed by atoms with Gasteiger partial charge < -0.3 is 15.8 Å². The number of hydrogen-bond donors (Lipinski definition) is 2. The van der Waals surface area contributed by atoms with Gasteiger partial charge in [-0.2, -0.15) is 0 Å². The van der Waals surface area contributed by atoms with Crippen LogP contribution in [0.2, 0.25) is 0 Å². The van der Waals surface area contributed by atoms with Gasteiger partial charge in [0.25, 0.3) is 0 Å². The van der Waals surface area contributed by atoms with Crippen molar-refractivity contribution in [3.05, 3.63) is 0 Å². The fraction of sp³-hybridized carbons (Fsp3) is 0.917. The van der Waals surface area contributed by atoms with Crippen LogP contribution in [-0.2, 0) is 9.53 Å². The largest absolute Gasteiger partial charge is 0.381 e. The second-order valence-corrected chi connectivity index (χ2v) is 4.84. The highest BCUT2D eigenvalue weighted by Crippen LogP contribution is 2.11. The van der Waals surface area contributed by atoms with Crippen molar-refractivity contribution in [2.45, 2.75) is 45.6 Å². The maximum atomic E-state index is 11.2. The van der Waals surface area contributed by atoms with Crippen LogP contribution >= 0.6 is 0 Å². The van der Waals surface area contributed by atoms with Gasteiger partial charge in [0.2, 0.25) is 5.91 Å². The summed E-state index contributed by atoms with van der Waals surface area (Å²) in [4.78, 5) is 11.2. The third kappa shape index (κ3) is 6.08. The average molecular weight is 230 g/mol. The van der Waals surface area contributed by atoms with Crippen LogP contribution in [0.15, 0.2) is 0 Å². The third-order valence-electron chi connectivity index (χ3n) is 2.90. The van der Waals surface area contributed by atoms with Gasteiger partial charge in [-0.15, -0.1) is 0 Å². The lowest BCUT2D eigenvalue weighted by Gasteiger charge is -2.25. The minimum atomic E-state index is -0.610. The normalized spacial score (nSPS) is 15.1. The van der Waals surface area contributed by atoms with E-state index in [1.54, 1.807) is 7.05 Å². The predicted octanol–water partition coefficient (Wildman–Crippen LogP) is 1.29. The van der Waals surface area contributed by atoms with Crippen molar-refractivity contribution >= 4 is 5.91 Å². The number of primary amides is 1. The van der Waals surface area contributed by atoms with E-state index < -0.39 is 5.54 Å². The SMILES string of the molecule is CNC(C)(CCCOCCC(C)C)C(N)=O. The molecule has 0 aliphatic rings. The Morgan fingerprint density at radius 1 is 1.44 bits per heavy atom. The van der Waals surface area contributed by atoms with Crippen LogP contribution in [0.4, 0.5) is 0 Å². The van der Waals surface area contributed by atoms with Crippen molar-refractivity contribution in [2.75, 3.05) is 20.3 Å². The van der Waals surface area contributed by atoms with Gasteiger partial charge in [0.15, 0.2) is 0 Å². The molecule has 4 nitrogen and oxygen atoms in total. The Bertz CT molecular complexity index is 207. The van der Waals surface area contributed by atoms with Gasteiger partial charge in [-0.1, -0.05) is 13.8 Å². The van der Waals surface area contributed by atoms with Crippen molar-refractivity contribution in [3.63, 3.8) is 0 Å². The molecule has 0 radical (unpaired) electrons. The smallest absolute Gasteiger partial charge is 0.237 e. The molecule has 0 aromatic heterocycles. The van der Waals surface area contributed by atoms with E-state index in [2.05, 4.69) is 19.2 Å². The minimum absolute atomic E-state index is 0.308. The topological polar surface area (TPSA) is 64.3 Å². The van der Waals surface area contributed by atoms with E-state index in [4.69, 9.17) is 10.5 Å². The molecule has 1 unspecified atom stereocenters. The molecule has 0 rings (SSSR count). The van der Waals surface area contributed by atoms with Crippen molar-refractivity contribution in [1.29, 1.82) is 0 Å². The summed E-state index contributed by atoms with van der Waals surface area (Å²) in [5, 5.41) is 2.96. The van der Waals surface area contributed by atoms with E-state index >= 15 is 0 Å². The molecule has 0 aliphatic carbocycles. The molecule has 4 heteroatoms. The highest BCUT2D eigenvalue weighted by atomic mass is 16.5. The van der Waals surface area contributed by atoms with E-state index in [1.165, 1.54) is 0 Å². The zero-order valence-electron chi connectivity index (χ0n) is 11.0. The predicted molar refractivity (Wildman–Crippen MR) is 66.2 cm³/mol. The van der Waals surface area contributed by atoms with Crippen LogP contribution in [0.5, 0.6) is 0 Å². The number of likely N-dealkylation sites (N-methyl/N-ethyl adjacent to an activating group) is 1. The molecule has 0 aliphatic heterocycles. The fourth-order valence-corrected chi connectivity index (χ4v) is 1.32. The summed E-state index contributed by atoms with van der Waals surface area (Å²) in [6.45, 7) is 7.66. The second-order valence-electron chi connectivity index (χ2n) is 4.84. The van der Waals surface area contributed by atoms with Gasteiger partial charge >= 0.3 is 0 Å². The van der Waals surface area contributed by atoms with Crippen LogP contribution in [0.1, 0.15) is 40.0 Å². The maximum absolute atomic E-state index is 11.2. The molecule has 1 atom stereocenters. The monoisotopic (exact) mass is 230 g/mol. The number of carbonyl (C=O) groups excluding carboxylic acids is 1. The summed E-state index contributed by atoms with van der Waals surface area (Å²) in [6, 6.07) is 0. The quantitative estimate of drug-likeness (QED) is 0.587. The molecule has 0 heterocycles. The molecule has 0 saturated carbocycles. The Kier molecular flexibility index (Phi) is 7.34. The van der Waals surface area contributed by atoms with E-state index in [0.717, 1.165) is 19.4 Å². The lowest BCUT2D eigenvalue weighted by Crippen LogP contribution is -2.51. The average Bonchev–Trinajstić information content (AvgIpc) is 2.22. The maximum Gasteiger partial charge on any atom is 0.237 e. The van der Waals surface area contributed by atoms with E-state index in [0.29, 0.717) is 18.9 Å². The third-order valence-corrected chi connectivity index (χ3v) is 2.90. The number of amides is 1. The first-order valence-electron chi connectivity index (χ1n) is 5.99. The lowest BCUT2D eigenvalue weighted by molar-refractivity contribution is -0.124. The van der Waals surface area contributed by atoms with Gasteiger partial charge in [-0.3, -0.25) is 4.79 Å². The van der Waals surface area contributed by atoms with E-state index in [9.17, 15) is 4.79 Å². The van der Waals surface area contributed by atoms with Gasteiger partial charge in [-0.25, -0.2) is 0 Å². The summed E-state index contributed by atoms with van der Waals surface area (Å²) < 4.78 is 5.48. The van der Waals surface area contributed by atoms with Gasteiger partial charge in [0.05, 0.1) is 5.54 Å². The van der Waals surface area contributed by atoms with Gasteiger partial charge in [0.1, 0.15) is 0 Å². The molecule has 0 spiro atoms. The Morgan fingerprint density at radius 2 is 2.06 bits per heavy atom. The number of ether oxygens (including phenoxy) is 1. The van der Waals surface area contributed by atoms with Crippen LogP contribution in [0.25, 0.3) is 0 Å². The Morgan fingerprint density at radius 3 is 2.50 bits per heavy atom. The van der Waals surface area contributed by atoms with Crippen molar-refractivity contribution in [1.82, 2.24) is 5.32 Å². The Labute approximate surface area is 98.9 Å². The van der Waals surface area contributed by atoms with Crippen molar-refractivity contribution in [3.8, 4) is 0 Å². The van der Waals surface area contributed by atoms with E-state index in [1.807, 2.05) is 6.92 Å². The zero-order valence-corrected chi connectivity index (χ0v) is 11.0. The zero-order chi connectivity index (χ0) is 12.6. The van der Waals surface area contributed by atoms with Crippen LogP contribution < -0.4 is 11.1 Å². The molecule has 0 bridgehead atoms. The first-order chi connectivity index (χ1) is 7.42. The number of nitrogens with two attached hydrogens (primary N) is 1. The minimum Gasteiger partial charge on any atom is -0.381 e. The standard InChI is InChI=1S/C12H26N2O2/c1-10(2)6-9-16-8-5-7-12(3,14-4)11(13)15/h10,14H,5-9H2,1-4H3,(H2,13,15). The molecule has 0 fully saturated rings. The highest BCUT2D eigenvalue weighted by Gasteiger charge is 2.27. The number of carbonyl (C=O) groups is 1. The summed E-state index contributed by atoms with van der Waals surface area (Å²) in [5.74, 6) is 0.366. The van der Waals surface area contributed by atoms with Crippen LogP contribution in [-0.4, -0.2) is 31.7 Å². The summed E-state index contributed by atoms with van der Waals surface area (Å²) >= 11 is 0. The molecular weight excluding hydrogens is 204 g/mol. The number of rotatable bonds is 9. The Balaban J connectivity index is 3.61. The van der Waals surface area contributed by atoms with Crippen LogP contribution in [0.3, 0.4) is 0 Å². The van der Waals surface area contributed by atoms with Crippen molar-refractivity contribution < 1.29 is 9.53 Å². The van der Waals surface area contributed by atoms with Crippen molar-refractivity contribution in [2.24, 2.45) is 11.7 Å². The highest BCUT2D eigenvalue weighted by molar-refractivity contribution is 5.84. The van der Waals surface area contributed by atoms with E-state index in [-0.39, 0.29) is 5.91 Å². The Hall–Kier alpha value is -0.610. The summed E-state index contributed by atoms with van der Waals surface area (Å²) in [7, 11) is 1.75. The molecule has 16 heavy (non-hydrogen) atoms. The first kappa shape index (κ1) is 15.4. The fourth-order valence-electron chi connectivity index (χ4n) is 1.32. The second kappa shape index (κ2) is 7.63. The van der Waals surface area contributed by atoms with Gasteiger partial charge in [-0.05, 0) is 39.2 Å². The molecule has 0 aromatic rings. The van der Waals surface area contributed by atoms with Crippen LogP contribution in [0, 0.1) is 5.92 Å². The lowest BCUT2D eigenvalue weighted by atomic mass is 9.95. The number of hydrogen-bond acceptors (Lipinski definition) is 3. The molecule has 0 saturated heterocycles. The molecular formula is C12H26N2O2. The first-order valence-corrected chi connectivity index (χ1v) is 5.99. The molecule has 96 valence electrons. The van der Waals surface area contributed by atoms with Gasteiger partial charge in [0, 0.05) is 13.2 Å². The molecule has 3 N–H and O–H groups in total. The number of nitrogens with one attached hydrogen (secondary N) is 1.